The highest BCUT2D eigenvalue weighted by molar-refractivity contribution is 6.32. The smallest absolute Gasteiger partial charge is 0.137 e. The van der Waals surface area contributed by atoms with Crippen molar-refractivity contribution in [2.45, 2.75) is 53.5 Å². The van der Waals surface area contributed by atoms with Crippen molar-refractivity contribution < 1.29 is 4.74 Å². The Morgan fingerprint density at radius 1 is 1.30 bits per heavy atom. The van der Waals surface area contributed by atoms with Crippen LogP contribution in [0.2, 0.25) is 5.02 Å². The largest absolute Gasteiger partial charge is 0.492 e. The van der Waals surface area contributed by atoms with Gasteiger partial charge in [-0.1, -0.05) is 45.4 Å². The highest BCUT2D eigenvalue weighted by atomic mass is 35.5. The van der Waals surface area contributed by atoms with Crippen LogP contribution in [0.1, 0.15) is 59.1 Å². The minimum atomic E-state index is 0.283. The van der Waals surface area contributed by atoms with Crippen molar-refractivity contribution in [3.8, 4) is 5.75 Å². The molecule has 0 spiro atoms. The SMILES string of the molecule is CCCNC(C)c1ccc(OCCC(C)(C)C)c(Cl)c1. The molecule has 2 nitrogen and oxygen atoms in total. The van der Waals surface area contributed by atoms with Crippen LogP contribution in [-0.4, -0.2) is 13.2 Å². The highest BCUT2D eigenvalue weighted by Gasteiger charge is 2.12. The summed E-state index contributed by atoms with van der Waals surface area (Å²) in [6.45, 7) is 12.7. The Morgan fingerprint density at radius 2 is 2.00 bits per heavy atom. The zero-order chi connectivity index (χ0) is 15.2. The summed E-state index contributed by atoms with van der Waals surface area (Å²) < 4.78 is 5.78. The van der Waals surface area contributed by atoms with Crippen LogP contribution in [0.4, 0.5) is 0 Å². The third-order valence-electron chi connectivity index (χ3n) is 3.27. The van der Waals surface area contributed by atoms with Gasteiger partial charge >= 0.3 is 0 Å². The second-order valence-corrected chi connectivity index (χ2v) is 6.93. The molecule has 1 atom stereocenters. The molecule has 0 aromatic heterocycles. The summed E-state index contributed by atoms with van der Waals surface area (Å²) in [5, 5.41) is 4.15. The lowest BCUT2D eigenvalue weighted by atomic mass is 9.93. The first-order valence-corrected chi connectivity index (χ1v) is 7.87. The second-order valence-electron chi connectivity index (χ2n) is 6.52. The molecule has 0 saturated heterocycles. The summed E-state index contributed by atoms with van der Waals surface area (Å²) in [6.07, 6.45) is 2.14. The van der Waals surface area contributed by atoms with Crippen LogP contribution in [0.15, 0.2) is 18.2 Å². The van der Waals surface area contributed by atoms with E-state index in [1.807, 2.05) is 12.1 Å². The molecule has 0 fully saturated rings. The Kier molecular flexibility index (Phi) is 6.84. The highest BCUT2D eigenvalue weighted by Crippen LogP contribution is 2.29. The van der Waals surface area contributed by atoms with E-state index < -0.39 is 0 Å². The van der Waals surface area contributed by atoms with Gasteiger partial charge in [0.05, 0.1) is 11.6 Å². The van der Waals surface area contributed by atoms with Crippen molar-refractivity contribution in [3.63, 3.8) is 0 Å². The molecule has 3 heteroatoms. The molecule has 0 aliphatic rings. The first-order valence-electron chi connectivity index (χ1n) is 7.49. The van der Waals surface area contributed by atoms with Gasteiger partial charge in [-0.2, -0.15) is 0 Å². The molecule has 0 heterocycles. The molecule has 0 bridgehead atoms. The van der Waals surface area contributed by atoms with Gasteiger partial charge in [0, 0.05) is 6.04 Å². The number of benzene rings is 1. The predicted octanol–water partition coefficient (Wildman–Crippen LogP) is 5.22. The third-order valence-corrected chi connectivity index (χ3v) is 3.56. The van der Waals surface area contributed by atoms with E-state index in [1.165, 1.54) is 5.56 Å². The second kappa shape index (κ2) is 7.90. The van der Waals surface area contributed by atoms with E-state index in [-0.39, 0.29) is 5.41 Å². The number of rotatable bonds is 7. The average Bonchev–Trinajstić information content (AvgIpc) is 2.36. The van der Waals surface area contributed by atoms with Gasteiger partial charge in [0.1, 0.15) is 5.75 Å². The maximum atomic E-state index is 6.30. The molecule has 114 valence electrons. The topological polar surface area (TPSA) is 21.3 Å². The standard InChI is InChI=1S/C17H28ClNO/c1-6-10-19-13(2)14-7-8-16(15(18)12-14)20-11-9-17(3,4)5/h7-8,12-13,19H,6,9-11H2,1-5H3. The van der Waals surface area contributed by atoms with E-state index >= 15 is 0 Å². The summed E-state index contributed by atoms with van der Waals surface area (Å²) in [5.41, 5.74) is 1.48. The van der Waals surface area contributed by atoms with Crippen LogP contribution in [0.25, 0.3) is 0 Å². The minimum Gasteiger partial charge on any atom is -0.492 e. The lowest BCUT2D eigenvalue weighted by molar-refractivity contribution is 0.243. The van der Waals surface area contributed by atoms with Crippen molar-refractivity contribution in [2.75, 3.05) is 13.2 Å². The molecular weight excluding hydrogens is 270 g/mol. The normalized spacial score (nSPS) is 13.3. The lowest BCUT2D eigenvalue weighted by Gasteiger charge is -2.19. The Balaban J connectivity index is 2.59. The molecule has 0 amide bonds. The van der Waals surface area contributed by atoms with Gasteiger partial charge in [-0.3, -0.25) is 0 Å². The fraction of sp³-hybridized carbons (Fsp3) is 0.647. The molecule has 1 aromatic carbocycles. The number of halogens is 1. The van der Waals surface area contributed by atoms with Gasteiger partial charge < -0.3 is 10.1 Å². The van der Waals surface area contributed by atoms with Crippen LogP contribution >= 0.6 is 11.6 Å². The van der Waals surface area contributed by atoms with E-state index in [4.69, 9.17) is 16.3 Å². The third kappa shape index (κ3) is 6.15. The summed E-state index contributed by atoms with van der Waals surface area (Å²) in [6, 6.07) is 6.38. The Bertz CT molecular complexity index is 412. The fourth-order valence-corrected chi connectivity index (χ4v) is 2.09. The maximum absolute atomic E-state index is 6.30. The number of hydrogen-bond acceptors (Lipinski definition) is 2. The summed E-state index contributed by atoms with van der Waals surface area (Å²) in [4.78, 5) is 0. The molecule has 0 radical (unpaired) electrons. The average molecular weight is 298 g/mol. The van der Waals surface area contributed by atoms with E-state index in [0.717, 1.165) is 25.1 Å². The molecule has 0 aliphatic carbocycles. The monoisotopic (exact) mass is 297 g/mol. The quantitative estimate of drug-likeness (QED) is 0.745. The van der Waals surface area contributed by atoms with Gasteiger partial charge in [0.25, 0.3) is 0 Å². The Hall–Kier alpha value is -0.730. The van der Waals surface area contributed by atoms with Gasteiger partial charge in [-0.05, 0) is 49.4 Å². The predicted molar refractivity (Wildman–Crippen MR) is 87.7 cm³/mol. The maximum Gasteiger partial charge on any atom is 0.137 e. The van der Waals surface area contributed by atoms with Gasteiger partial charge in [0.2, 0.25) is 0 Å². The lowest BCUT2D eigenvalue weighted by Crippen LogP contribution is -2.19. The van der Waals surface area contributed by atoms with Gasteiger partial charge in [-0.25, -0.2) is 0 Å². The molecule has 20 heavy (non-hydrogen) atoms. The van der Waals surface area contributed by atoms with Crippen LogP contribution < -0.4 is 10.1 Å². The van der Waals surface area contributed by atoms with Crippen molar-refractivity contribution in [1.82, 2.24) is 5.32 Å². The number of nitrogens with one attached hydrogen (secondary N) is 1. The van der Waals surface area contributed by atoms with Gasteiger partial charge in [0.15, 0.2) is 0 Å². The van der Waals surface area contributed by atoms with Crippen LogP contribution in [0.3, 0.4) is 0 Å². The van der Waals surface area contributed by atoms with Crippen molar-refractivity contribution in [1.29, 1.82) is 0 Å². The molecule has 1 N–H and O–H groups in total. The summed E-state index contributed by atoms with van der Waals surface area (Å²) >= 11 is 6.30. The summed E-state index contributed by atoms with van der Waals surface area (Å²) in [5.74, 6) is 0.780. The van der Waals surface area contributed by atoms with Crippen LogP contribution in [0, 0.1) is 5.41 Å². The van der Waals surface area contributed by atoms with Crippen LogP contribution in [0.5, 0.6) is 5.75 Å². The zero-order valence-corrected chi connectivity index (χ0v) is 14.2. The molecule has 1 rings (SSSR count). The van der Waals surface area contributed by atoms with E-state index in [0.29, 0.717) is 17.7 Å². The van der Waals surface area contributed by atoms with Crippen molar-refractivity contribution >= 4 is 11.6 Å². The number of ether oxygens (including phenoxy) is 1. The molecule has 1 unspecified atom stereocenters. The van der Waals surface area contributed by atoms with Gasteiger partial charge in [-0.15, -0.1) is 0 Å². The van der Waals surface area contributed by atoms with Crippen LogP contribution in [-0.2, 0) is 0 Å². The van der Waals surface area contributed by atoms with E-state index in [2.05, 4.69) is 46.0 Å². The fourth-order valence-electron chi connectivity index (χ4n) is 1.85. The Labute approximate surface area is 128 Å². The number of hydrogen-bond donors (Lipinski definition) is 1. The molecule has 1 aromatic rings. The molecule has 0 aliphatic heterocycles. The van der Waals surface area contributed by atoms with Crippen molar-refractivity contribution in [2.24, 2.45) is 5.41 Å². The first kappa shape index (κ1) is 17.3. The Morgan fingerprint density at radius 3 is 2.55 bits per heavy atom. The molecule has 0 saturated carbocycles. The van der Waals surface area contributed by atoms with Crippen molar-refractivity contribution in [3.05, 3.63) is 28.8 Å². The first-order chi connectivity index (χ1) is 9.33. The zero-order valence-electron chi connectivity index (χ0n) is 13.4. The van der Waals surface area contributed by atoms with E-state index in [1.54, 1.807) is 0 Å². The van der Waals surface area contributed by atoms with E-state index in [9.17, 15) is 0 Å². The minimum absolute atomic E-state index is 0.283. The molecular formula is C17H28ClNO. The summed E-state index contributed by atoms with van der Waals surface area (Å²) in [7, 11) is 0.